The molecule has 12 rings (SSSR count). The number of hydrogen-bond donors (Lipinski definition) is 6. The minimum atomic E-state index is -4.73. The van der Waals surface area contributed by atoms with Crippen molar-refractivity contribution in [3.8, 4) is 22.3 Å². The van der Waals surface area contributed by atoms with Gasteiger partial charge in [0.05, 0.1) is 37.3 Å². The van der Waals surface area contributed by atoms with Crippen molar-refractivity contribution < 1.29 is 142 Å². The van der Waals surface area contributed by atoms with E-state index in [9.17, 15) is 68.5 Å². The third kappa shape index (κ3) is 25.6. The predicted molar refractivity (Wildman–Crippen MR) is 421 cm³/mol. The van der Waals surface area contributed by atoms with E-state index in [-0.39, 0.29) is 90.7 Å². The number of hydrogen-bond acceptors (Lipinski definition) is 19. The Morgan fingerprint density at radius 3 is 1.12 bits per heavy atom. The summed E-state index contributed by atoms with van der Waals surface area (Å²) >= 11 is 9.53. The van der Waals surface area contributed by atoms with Crippen LogP contribution in [0.15, 0.2) is 183 Å². The summed E-state index contributed by atoms with van der Waals surface area (Å²) in [6.45, 7) is 7.81. The number of carbonyl (C=O) groups excluding carboxylic acids is 3. The van der Waals surface area contributed by atoms with Crippen molar-refractivity contribution in [1.82, 2.24) is 55.7 Å². The van der Waals surface area contributed by atoms with E-state index in [1.54, 1.807) is 81.4 Å². The number of nitrogens with two attached hydrogens (primary N) is 1. The molecule has 43 heteroatoms. The van der Waals surface area contributed by atoms with E-state index >= 15 is 17.6 Å². The average molecular weight is 1770 g/mol. The molecule has 4 atom stereocenters. The maximum Gasteiger partial charge on any atom is 1.00 e. The Kier molecular flexibility index (Phi) is 35.2. The summed E-state index contributed by atoms with van der Waals surface area (Å²) in [4.78, 5) is 53.3. The first-order valence-electron chi connectivity index (χ1n) is 35.2. The molecule has 24 nitrogen and oxygen atoms in total. The number of amides is 3. The molecular weight excluding hydrogens is 1700 g/mol. The molecule has 2 fully saturated rings. The molecule has 2 unspecified atom stereocenters. The van der Waals surface area contributed by atoms with Crippen LogP contribution in [0.4, 0.5) is 100 Å². The van der Waals surface area contributed by atoms with Gasteiger partial charge in [-0.1, -0.05) is 43.8 Å². The van der Waals surface area contributed by atoms with Crippen LogP contribution in [-0.4, -0.2) is 175 Å². The number of piperazine rings is 2. The normalized spacial score (nSPS) is 14.7. The largest absolute Gasteiger partial charge is 1.00 e. The molecule has 2 aliphatic rings. The second-order valence-electron chi connectivity index (χ2n) is 27.7. The Labute approximate surface area is 739 Å². The molecule has 6 heterocycles. The Morgan fingerprint density at radius 1 is 0.500 bits per heavy atom. The third-order valence-electron chi connectivity index (χ3n) is 18.4. The second-order valence-corrected chi connectivity index (χ2v) is 28.5. The molecule has 636 valence electrons. The maximum absolute atomic E-state index is 16.2. The van der Waals surface area contributed by atoms with Crippen LogP contribution in [0.1, 0.15) is 63.6 Å². The summed E-state index contributed by atoms with van der Waals surface area (Å²) in [6.07, 6.45) is -9.08. The molecule has 4 aromatic heterocycles. The Bertz CT molecular complexity index is 4920. The van der Waals surface area contributed by atoms with Gasteiger partial charge in [-0.25, -0.2) is 31.7 Å². The van der Waals surface area contributed by atoms with Crippen LogP contribution in [0.2, 0.25) is 0 Å². The number of nitrogens with zero attached hydrogens (tertiary/aromatic N) is 14. The summed E-state index contributed by atoms with van der Waals surface area (Å²) in [5.41, 5.74) is 0.795. The fourth-order valence-electron chi connectivity index (χ4n) is 12.6. The van der Waals surface area contributed by atoms with Crippen molar-refractivity contribution in [1.29, 1.82) is 0 Å². The van der Waals surface area contributed by atoms with Gasteiger partial charge in [-0.15, -0.1) is 45.8 Å². The van der Waals surface area contributed by atoms with Gasteiger partial charge in [-0.05, 0) is 162 Å². The number of rotatable bonds is 23. The molecule has 0 saturated carbocycles. The summed E-state index contributed by atoms with van der Waals surface area (Å²) in [6, 6.07) is 33.0. The van der Waals surface area contributed by atoms with Crippen LogP contribution in [0, 0.1) is 23.3 Å². The SMILES string of the molecule is C.CC(C)(C)OC(=O)NC(CC(F)(F)F)C(=O)Nc1ccc(N2CCN(c3ccc(-c4ccc(C(F)(F)[C@](O)(Cn5cnnn5)c5ccc(F)cc5F)nc4)cc3)CC2)cc1.Cl.ClCCl.NC(CC(F)(F)F)C(=O)Nc1ccc(N2CCN(c3ccc(-c4ccc(C(F)(F)[C@](O)(Cn5cnnn5)c5ccc(F)cc5F)nc4)cc3)CC2)cc1.[B-].[K+]. The number of pyridine rings is 2. The smallest absolute Gasteiger partial charge is 1.00 e. The van der Waals surface area contributed by atoms with Gasteiger partial charge in [0.2, 0.25) is 11.8 Å². The van der Waals surface area contributed by atoms with Crippen molar-refractivity contribution >= 4 is 96.1 Å². The molecular formula is C77H79BCl3F14KN18O6. The summed E-state index contributed by atoms with van der Waals surface area (Å²) in [7, 11) is 0. The summed E-state index contributed by atoms with van der Waals surface area (Å²) in [5, 5.41) is 50.4. The van der Waals surface area contributed by atoms with E-state index in [4.69, 9.17) is 33.7 Å². The molecule has 6 aromatic carbocycles. The zero-order valence-corrected chi connectivity index (χ0v) is 69.0. The van der Waals surface area contributed by atoms with Crippen molar-refractivity contribution in [2.24, 2.45) is 5.73 Å². The number of alkyl halides is 12. The van der Waals surface area contributed by atoms with E-state index in [0.717, 1.165) is 81.2 Å². The van der Waals surface area contributed by atoms with E-state index in [2.05, 4.69) is 71.3 Å². The number of carbonyl (C=O) groups is 3. The van der Waals surface area contributed by atoms with Crippen molar-refractivity contribution in [3.63, 3.8) is 0 Å². The minimum Gasteiger partial charge on any atom is -1.00 e. The Hall–Kier alpha value is -9.36. The monoisotopic (exact) mass is 1770 g/mol. The third-order valence-corrected chi connectivity index (χ3v) is 18.4. The number of aromatic nitrogens is 10. The number of nitrogens with one attached hydrogen (secondary N) is 3. The molecule has 10 aromatic rings. The molecule has 0 spiro atoms. The fourth-order valence-corrected chi connectivity index (χ4v) is 12.6. The molecule has 4 radical (unpaired) electrons. The van der Waals surface area contributed by atoms with Crippen molar-refractivity contribution in [2.45, 2.75) is 107 Å². The molecule has 3 amide bonds. The predicted octanol–water partition coefficient (Wildman–Crippen LogP) is 11.1. The van der Waals surface area contributed by atoms with Gasteiger partial charge in [-0.3, -0.25) is 19.6 Å². The molecule has 2 saturated heterocycles. The molecule has 0 bridgehead atoms. The van der Waals surface area contributed by atoms with Crippen LogP contribution < -0.4 is 92.7 Å². The van der Waals surface area contributed by atoms with Gasteiger partial charge >= 0.3 is 81.7 Å². The first-order chi connectivity index (χ1) is 54.7. The molecule has 2 aliphatic heterocycles. The molecule has 7 N–H and O–H groups in total. The number of halogens is 17. The quantitative estimate of drug-likeness (QED) is 0.0197. The number of tetrazole rings is 2. The Morgan fingerprint density at radius 2 is 0.825 bits per heavy atom. The fraction of sp³-hybridized carbons (Fsp3) is 0.338. The van der Waals surface area contributed by atoms with Gasteiger partial charge < -0.3 is 64.6 Å². The van der Waals surface area contributed by atoms with Crippen LogP contribution in [0.3, 0.4) is 0 Å². The van der Waals surface area contributed by atoms with Gasteiger partial charge in [0, 0.05) is 133 Å². The zero-order valence-electron chi connectivity index (χ0n) is 63.6. The van der Waals surface area contributed by atoms with Crippen LogP contribution >= 0.6 is 35.6 Å². The van der Waals surface area contributed by atoms with Gasteiger partial charge in [0.15, 0.2) is 11.2 Å². The number of anilines is 6. The van der Waals surface area contributed by atoms with Gasteiger partial charge in [0.25, 0.3) is 0 Å². The summed E-state index contributed by atoms with van der Waals surface area (Å²) < 4.78 is 205. The zero-order chi connectivity index (χ0) is 84.1. The van der Waals surface area contributed by atoms with Crippen LogP contribution in [-0.2, 0) is 50.5 Å². The summed E-state index contributed by atoms with van der Waals surface area (Å²) in [5.74, 6) is -15.2. The van der Waals surface area contributed by atoms with E-state index < -0.39 is 143 Å². The topological polar surface area (TPSA) is 289 Å². The standard InChI is InChI=1S/C40H40F7N9O4.C35H32F7N9O2.CH2Cl2.CH4.B.ClH.K/c1-37(2,3)60-36(58)51-33(21-39(43,44)45)35(57)50-28-8-12-30(13-9-28)55-18-16-54(17-19-55)29-10-4-25(5-11-29)26-6-15-34(48-22-26)40(46,47)38(59,23-56-24-49-52-53-56)31-14-7-27(41)20-32(31)42;36-24-4-11-28(29(37)17-24)33(53,20-51-21-45-47-48-51)35(41,42)31-12-3-23(19-44-31)22-1-7-26(8-2-22)49-13-15-50(16-14-49)27-9-5-25(6-10-27)46-32(52)30(43)18-34(38,39)40;2-1-3;;;;/h4-15,20,22,24,33,59H,16-19,21,23H2,1-3H3,(H,50,57)(H,51,58);1-12,17,19,21,30,53H,13-16,18,20,43H2,(H,46,52);1H2;1H4;;1H;/q;;;;-1;;+1/t33?,38-;30?,33-;;;;;/m00...../s1. The van der Waals surface area contributed by atoms with Crippen LogP contribution in [0.25, 0.3) is 22.3 Å². The maximum atomic E-state index is 16.2. The number of aliphatic hydroxyl groups is 2. The molecule has 120 heavy (non-hydrogen) atoms. The van der Waals surface area contributed by atoms with Crippen molar-refractivity contribution in [2.75, 3.05) is 87.9 Å². The second kappa shape index (κ2) is 42.4. The van der Waals surface area contributed by atoms with E-state index in [1.807, 2.05) is 41.7 Å². The average Bonchev–Trinajstić information content (AvgIpc) is 0.784. The Balaban J connectivity index is 0.000000351. The van der Waals surface area contributed by atoms with Gasteiger partial charge in [0.1, 0.15) is 59.0 Å². The minimum absolute atomic E-state index is 0. The molecule has 0 aliphatic carbocycles. The van der Waals surface area contributed by atoms with Crippen molar-refractivity contribution in [3.05, 3.63) is 229 Å². The number of alkyl carbamates (subject to hydrolysis) is 1. The number of ether oxygens (including phenoxy) is 1. The van der Waals surface area contributed by atoms with E-state index in [1.165, 1.54) is 24.5 Å². The first kappa shape index (κ1) is 99.5. The first-order valence-corrected chi connectivity index (χ1v) is 36.3. The number of benzene rings is 6. The van der Waals surface area contributed by atoms with E-state index in [0.29, 0.717) is 92.4 Å². The van der Waals surface area contributed by atoms with Crippen LogP contribution in [0.5, 0.6) is 0 Å². The van der Waals surface area contributed by atoms with Gasteiger partial charge in [-0.2, -0.15) is 43.9 Å².